The summed E-state index contributed by atoms with van der Waals surface area (Å²) in [6.45, 7) is 6.17. The first kappa shape index (κ1) is 14.0. The third-order valence-electron chi connectivity index (χ3n) is 3.66. The SMILES string of the molecule is CCN1CCCC1CNCc1ccc(C(=O)O)cn1. The number of likely N-dealkylation sites (N-methyl/N-ethyl adjacent to an activating group) is 1. The minimum Gasteiger partial charge on any atom is -0.478 e. The van der Waals surface area contributed by atoms with Gasteiger partial charge < -0.3 is 10.4 Å². The Hall–Kier alpha value is -1.46. The molecule has 1 aliphatic heterocycles. The van der Waals surface area contributed by atoms with Gasteiger partial charge in [-0.3, -0.25) is 9.88 Å². The number of carboxylic acid groups (broad SMARTS) is 1. The first-order valence-electron chi connectivity index (χ1n) is 6.83. The highest BCUT2D eigenvalue weighted by Gasteiger charge is 2.22. The maximum atomic E-state index is 10.7. The lowest BCUT2D eigenvalue weighted by atomic mass is 10.2. The van der Waals surface area contributed by atoms with Crippen LogP contribution in [-0.4, -0.2) is 46.6 Å². The number of likely N-dealkylation sites (tertiary alicyclic amines) is 1. The van der Waals surface area contributed by atoms with Gasteiger partial charge in [-0.25, -0.2) is 4.79 Å². The highest BCUT2D eigenvalue weighted by molar-refractivity contribution is 5.87. The van der Waals surface area contributed by atoms with Gasteiger partial charge in [0, 0.05) is 25.3 Å². The highest BCUT2D eigenvalue weighted by atomic mass is 16.4. The maximum absolute atomic E-state index is 10.7. The molecule has 2 rings (SSSR count). The van der Waals surface area contributed by atoms with E-state index in [0.717, 1.165) is 18.8 Å². The predicted octanol–water partition coefficient (Wildman–Crippen LogP) is 1.35. The Balaban J connectivity index is 1.77. The lowest BCUT2D eigenvalue weighted by Gasteiger charge is -2.22. The monoisotopic (exact) mass is 263 g/mol. The minimum atomic E-state index is -0.934. The van der Waals surface area contributed by atoms with E-state index in [-0.39, 0.29) is 5.56 Å². The van der Waals surface area contributed by atoms with Crippen LogP contribution in [0.1, 0.15) is 35.8 Å². The maximum Gasteiger partial charge on any atom is 0.337 e. The Labute approximate surface area is 113 Å². The normalized spacial score (nSPS) is 19.7. The number of nitrogens with zero attached hydrogens (tertiary/aromatic N) is 2. The molecule has 0 aromatic carbocycles. The largest absolute Gasteiger partial charge is 0.478 e. The molecule has 0 spiro atoms. The fraction of sp³-hybridized carbons (Fsp3) is 0.571. The molecule has 0 saturated carbocycles. The van der Waals surface area contributed by atoms with Crippen LogP contribution in [0.5, 0.6) is 0 Å². The smallest absolute Gasteiger partial charge is 0.337 e. The zero-order valence-corrected chi connectivity index (χ0v) is 11.3. The van der Waals surface area contributed by atoms with Crippen molar-refractivity contribution in [3.05, 3.63) is 29.6 Å². The molecule has 0 aliphatic carbocycles. The highest BCUT2D eigenvalue weighted by Crippen LogP contribution is 2.15. The Bertz CT molecular complexity index is 419. The average Bonchev–Trinajstić information content (AvgIpc) is 2.87. The van der Waals surface area contributed by atoms with Crippen LogP contribution in [0.15, 0.2) is 18.3 Å². The number of rotatable bonds is 6. The van der Waals surface area contributed by atoms with E-state index in [1.165, 1.54) is 25.6 Å². The molecule has 0 amide bonds. The summed E-state index contributed by atoms with van der Waals surface area (Å²) >= 11 is 0. The lowest BCUT2D eigenvalue weighted by Crippen LogP contribution is -2.37. The molecule has 5 nitrogen and oxygen atoms in total. The Morgan fingerprint density at radius 2 is 2.42 bits per heavy atom. The molecule has 19 heavy (non-hydrogen) atoms. The van der Waals surface area contributed by atoms with Gasteiger partial charge in [-0.05, 0) is 38.1 Å². The molecule has 0 bridgehead atoms. The van der Waals surface area contributed by atoms with Gasteiger partial charge in [0.05, 0.1) is 11.3 Å². The van der Waals surface area contributed by atoms with Crippen molar-refractivity contribution in [2.45, 2.75) is 32.4 Å². The summed E-state index contributed by atoms with van der Waals surface area (Å²) in [5, 5.41) is 12.2. The number of aromatic nitrogens is 1. The van der Waals surface area contributed by atoms with E-state index in [2.05, 4.69) is 22.1 Å². The van der Waals surface area contributed by atoms with Gasteiger partial charge in [-0.15, -0.1) is 0 Å². The van der Waals surface area contributed by atoms with E-state index in [1.54, 1.807) is 12.1 Å². The van der Waals surface area contributed by atoms with Crippen molar-refractivity contribution in [3.63, 3.8) is 0 Å². The molecular formula is C14H21N3O2. The van der Waals surface area contributed by atoms with Crippen LogP contribution in [0, 0.1) is 0 Å². The first-order chi connectivity index (χ1) is 9.20. The van der Waals surface area contributed by atoms with Gasteiger partial charge in [-0.2, -0.15) is 0 Å². The van der Waals surface area contributed by atoms with Crippen LogP contribution in [0.3, 0.4) is 0 Å². The molecule has 2 N–H and O–H groups in total. The zero-order valence-electron chi connectivity index (χ0n) is 11.3. The molecule has 1 aromatic heterocycles. The lowest BCUT2D eigenvalue weighted by molar-refractivity contribution is 0.0696. The second-order valence-corrected chi connectivity index (χ2v) is 4.90. The van der Waals surface area contributed by atoms with Crippen molar-refractivity contribution < 1.29 is 9.90 Å². The van der Waals surface area contributed by atoms with Gasteiger partial charge in [0.15, 0.2) is 0 Å². The summed E-state index contributed by atoms with van der Waals surface area (Å²) in [6.07, 6.45) is 3.95. The van der Waals surface area contributed by atoms with E-state index in [0.29, 0.717) is 12.6 Å². The standard InChI is InChI=1S/C14H21N3O2/c1-2-17-7-3-4-13(17)10-15-9-12-6-5-11(8-16-12)14(18)19/h5-6,8,13,15H,2-4,7,9-10H2,1H3,(H,18,19). The molecule has 1 aromatic rings. The van der Waals surface area contributed by atoms with E-state index in [9.17, 15) is 4.79 Å². The van der Waals surface area contributed by atoms with Crippen molar-refractivity contribution >= 4 is 5.97 Å². The Kier molecular flexibility index (Phi) is 4.87. The van der Waals surface area contributed by atoms with Gasteiger partial charge in [0.2, 0.25) is 0 Å². The van der Waals surface area contributed by atoms with E-state index >= 15 is 0 Å². The summed E-state index contributed by atoms with van der Waals surface area (Å²) in [6, 6.07) is 3.99. The van der Waals surface area contributed by atoms with Crippen LogP contribution in [0.4, 0.5) is 0 Å². The minimum absolute atomic E-state index is 0.233. The summed E-state index contributed by atoms with van der Waals surface area (Å²) in [4.78, 5) is 17.3. The Morgan fingerprint density at radius 3 is 3.05 bits per heavy atom. The second kappa shape index (κ2) is 6.63. The van der Waals surface area contributed by atoms with Crippen molar-refractivity contribution in [2.24, 2.45) is 0 Å². The second-order valence-electron chi connectivity index (χ2n) is 4.90. The van der Waals surface area contributed by atoms with Crippen LogP contribution < -0.4 is 5.32 Å². The summed E-state index contributed by atoms with van der Waals surface area (Å²) in [5.41, 5.74) is 1.11. The van der Waals surface area contributed by atoms with Crippen molar-refractivity contribution in [2.75, 3.05) is 19.6 Å². The third-order valence-corrected chi connectivity index (χ3v) is 3.66. The van der Waals surface area contributed by atoms with Gasteiger partial charge in [0.1, 0.15) is 0 Å². The summed E-state index contributed by atoms with van der Waals surface area (Å²) in [5.74, 6) is -0.934. The fourth-order valence-electron chi connectivity index (χ4n) is 2.57. The molecule has 5 heteroatoms. The van der Waals surface area contributed by atoms with Gasteiger partial charge in [0.25, 0.3) is 0 Å². The van der Waals surface area contributed by atoms with Crippen molar-refractivity contribution in [1.29, 1.82) is 0 Å². The number of pyridine rings is 1. The van der Waals surface area contributed by atoms with Gasteiger partial charge >= 0.3 is 5.97 Å². The van der Waals surface area contributed by atoms with E-state index in [4.69, 9.17) is 5.11 Å². The Morgan fingerprint density at radius 1 is 1.58 bits per heavy atom. The van der Waals surface area contributed by atoms with Crippen LogP contribution in [0.25, 0.3) is 0 Å². The van der Waals surface area contributed by atoms with Gasteiger partial charge in [-0.1, -0.05) is 6.92 Å². The third kappa shape index (κ3) is 3.75. The molecule has 1 saturated heterocycles. The number of hydrogen-bond acceptors (Lipinski definition) is 4. The first-order valence-corrected chi connectivity index (χ1v) is 6.83. The molecule has 1 aliphatic rings. The molecular weight excluding hydrogens is 242 g/mol. The zero-order chi connectivity index (χ0) is 13.7. The van der Waals surface area contributed by atoms with E-state index in [1.807, 2.05) is 0 Å². The summed E-state index contributed by atoms with van der Waals surface area (Å²) < 4.78 is 0. The number of nitrogens with one attached hydrogen (secondary N) is 1. The quantitative estimate of drug-likeness (QED) is 0.811. The number of aromatic carboxylic acids is 1. The van der Waals surface area contributed by atoms with Crippen molar-refractivity contribution in [3.8, 4) is 0 Å². The predicted molar refractivity (Wildman–Crippen MR) is 73.2 cm³/mol. The van der Waals surface area contributed by atoms with Crippen LogP contribution in [-0.2, 0) is 6.54 Å². The van der Waals surface area contributed by atoms with E-state index < -0.39 is 5.97 Å². The van der Waals surface area contributed by atoms with Crippen LogP contribution >= 0.6 is 0 Å². The average molecular weight is 263 g/mol. The molecule has 1 unspecified atom stereocenters. The number of hydrogen-bond donors (Lipinski definition) is 2. The van der Waals surface area contributed by atoms with Crippen LogP contribution in [0.2, 0.25) is 0 Å². The molecule has 2 heterocycles. The molecule has 1 atom stereocenters. The molecule has 0 radical (unpaired) electrons. The topological polar surface area (TPSA) is 65.5 Å². The fourth-order valence-corrected chi connectivity index (χ4v) is 2.57. The molecule has 104 valence electrons. The molecule has 1 fully saturated rings. The van der Waals surface area contributed by atoms with Crippen molar-refractivity contribution in [1.82, 2.24) is 15.2 Å². The number of carbonyl (C=O) groups is 1. The summed E-state index contributed by atoms with van der Waals surface area (Å²) in [7, 11) is 0. The number of carboxylic acids is 1.